The van der Waals surface area contributed by atoms with Gasteiger partial charge in [-0.1, -0.05) is 23.2 Å². The number of nitrogens with one attached hydrogen (secondary N) is 1. The predicted octanol–water partition coefficient (Wildman–Crippen LogP) is 3.43. The van der Waals surface area contributed by atoms with E-state index in [9.17, 15) is 9.59 Å². The van der Waals surface area contributed by atoms with Crippen molar-refractivity contribution in [2.24, 2.45) is 0 Å². The van der Waals surface area contributed by atoms with Crippen LogP contribution in [-0.2, 0) is 9.53 Å². The van der Waals surface area contributed by atoms with Crippen molar-refractivity contribution in [1.29, 1.82) is 0 Å². The van der Waals surface area contributed by atoms with Crippen molar-refractivity contribution in [3.8, 4) is 0 Å². The maximum absolute atomic E-state index is 11.8. The summed E-state index contributed by atoms with van der Waals surface area (Å²) in [5.74, 6) is -1.11. The first-order chi connectivity index (χ1) is 9.60. The second-order valence-electron chi connectivity index (χ2n) is 5.31. The topological polar surface area (TPSA) is 88.5 Å². The van der Waals surface area contributed by atoms with E-state index in [1.54, 1.807) is 20.8 Å². The lowest BCUT2D eigenvalue weighted by molar-refractivity contribution is -0.137. The first-order valence-electron chi connectivity index (χ1n) is 6.10. The summed E-state index contributed by atoms with van der Waals surface area (Å²) in [7, 11) is 0. The van der Waals surface area contributed by atoms with Crippen LogP contribution >= 0.6 is 23.2 Å². The molecule has 1 aromatic rings. The monoisotopic (exact) mass is 334 g/mol. The number of amides is 1. The van der Waals surface area contributed by atoms with E-state index in [1.807, 2.05) is 0 Å². The van der Waals surface area contributed by atoms with Crippen LogP contribution < -0.4 is 5.32 Å². The van der Waals surface area contributed by atoms with Crippen molar-refractivity contribution in [1.82, 2.24) is 10.3 Å². The third-order valence-corrected chi connectivity index (χ3v) is 2.91. The average molecular weight is 335 g/mol. The van der Waals surface area contributed by atoms with Crippen LogP contribution in [0.25, 0.3) is 0 Å². The van der Waals surface area contributed by atoms with Crippen LogP contribution in [0.2, 0.25) is 10.0 Å². The number of ether oxygens (including phenoxy) is 1. The zero-order chi connectivity index (χ0) is 16.2. The Kier molecular flexibility index (Phi) is 5.80. The second kappa shape index (κ2) is 6.95. The lowest BCUT2D eigenvalue weighted by atomic mass is 10.1. The van der Waals surface area contributed by atoms with Gasteiger partial charge < -0.3 is 15.2 Å². The van der Waals surface area contributed by atoms with E-state index in [1.165, 1.54) is 12.4 Å². The number of rotatable bonds is 4. The Balaban J connectivity index is 3.01. The van der Waals surface area contributed by atoms with E-state index in [2.05, 4.69) is 10.3 Å². The number of carbonyl (C=O) groups is 2. The Hall–Kier alpha value is -1.53. The summed E-state index contributed by atoms with van der Waals surface area (Å²) in [4.78, 5) is 26.6. The van der Waals surface area contributed by atoms with Gasteiger partial charge in [-0.2, -0.15) is 0 Å². The zero-order valence-electron chi connectivity index (χ0n) is 11.8. The molecule has 0 aromatic carbocycles. The molecule has 0 spiro atoms. The van der Waals surface area contributed by atoms with E-state index in [0.29, 0.717) is 5.56 Å². The normalized spacial score (nSPS) is 12.6. The number of carbonyl (C=O) groups excluding carboxylic acids is 1. The highest BCUT2D eigenvalue weighted by atomic mass is 35.5. The van der Waals surface area contributed by atoms with Gasteiger partial charge >= 0.3 is 12.1 Å². The van der Waals surface area contributed by atoms with Crippen molar-refractivity contribution >= 4 is 35.3 Å². The number of alkyl carbamates (subject to hydrolysis) is 1. The Morgan fingerprint density at radius 1 is 1.33 bits per heavy atom. The van der Waals surface area contributed by atoms with E-state index in [-0.39, 0.29) is 16.5 Å². The van der Waals surface area contributed by atoms with E-state index >= 15 is 0 Å². The third-order valence-electron chi connectivity index (χ3n) is 2.31. The van der Waals surface area contributed by atoms with Crippen LogP contribution in [0.15, 0.2) is 12.4 Å². The molecule has 0 saturated heterocycles. The van der Waals surface area contributed by atoms with Crippen LogP contribution in [0.1, 0.15) is 38.8 Å². The summed E-state index contributed by atoms with van der Waals surface area (Å²) in [5, 5.41) is 11.8. The van der Waals surface area contributed by atoms with Crippen molar-refractivity contribution < 1.29 is 19.4 Å². The molecule has 1 rings (SSSR count). The van der Waals surface area contributed by atoms with Gasteiger partial charge in [0.05, 0.1) is 22.5 Å². The highest BCUT2D eigenvalue weighted by Gasteiger charge is 2.25. The number of aromatic nitrogens is 1. The molecule has 1 amide bonds. The number of aliphatic carboxylic acids is 1. The first kappa shape index (κ1) is 17.5. The van der Waals surface area contributed by atoms with E-state index in [4.69, 9.17) is 33.0 Å². The molecular weight excluding hydrogens is 319 g/mol. The minimum absolute atomic E-state index is 0.171. The maximum Gasteiger partial charge on any atom is 0.408 e. The van der Waals surface area contributed by atoms with Crippen LogP contribution in [0.4, 0.5) is 4.79 Å². The minimum atomic E-state index is -1.11. The fourth-order valence-corrected chi connectivity index (χ4v) is 2.23. The Morgan fingerprint density at radius 2 is 1.86 bits per heavy atom. The molecule has 2 N–H and O–H groups in total. The summed E-state index contributed by atoms with van der Waals surface area (Å²) < 4.78 is 5.11. The molecule has 21 heavy (non-hydrogen) atoms. The Bertz CT molecular complexity index is 523. The molecule has 0 bridgehead atoms. The SMILES string of the molecule is CC(C)(C)OC(=O)N[C@@H](CC(=O)O)c1c(Cl)cncc1Cl. The largest absolute Gasteiger partial charge is 0.481 e. The van der Waals surface area contributed by atoms with Crippen LogP contribution in [0, 0.1) is 0 Å². The van der Waals surface area contributed by atoms with Gasteiger partial charge in [0.1, 0.15) is 5.60 Å². The zero-order valence-corrected chi connectivity index (χ0v) is 13.3. The maximum atomic E-state index is 11.8. The molecule has 0 aliphatic carbocycles. The van der Waals surface area contributed by atoms with Crippen molar-refractivity contribution in [2.75, 3.05) is 0 Å². The van der Waals surface area contributed by atoms with E-state index < -0.39 is 23.7 Å². The number of nitrogens with zero attached hydrogens (tertiary/aromatic N) is 1. The number of carboxylic acid groups (broad SMARTS) is 1. The summed E-state index contributed by atoms with van der Waals surface area (Å²) >= 11 is 12.0. The summed E-state index contributed by atoms with van der Waals surface area (Å²) in [6.07, 6.45) is 1.52. The standard InChI is InChI=1S/C13H16Cl2N2O4/c1-13(2,3)21-12(20)17-9(4-10(18)19)11-7(14)5-16-6-8(11)15/h5-6,9H,4H2,1-3H3,(H,17,20)(H,18,19)/t9-/m0/s1. The number of hydrogen-bond acceptors (Lipinski definition) is 4. The molecule has 6 nitrogen and oxygen atoms in total. The Labute approximate surface area is 132 Å². The summed E-state index contributed by atoms with van der Waals surface area (Å²) in [6, 6.07) is -0.916. The summed E-state index contributed by atoms with van der Waals surface area (Å²) in [6.45, 7) is 5.10. The lowest BCUT2D eigenvalue weighted by Crippen LogP contribution is -2.36. The molecule has 1 heterocycles. The van der Waals surface area contributed by atoms with Crippen molar-refractivity contribution in [3.05, 3.63) is 28.0 Å². The molecule has 0 aliphatic rings. The van der Waals surface area contributed by atoms with Gasteiger partial charge in [-0.25, -0.2) is 4.79 Å². The van der Waals surface area contributed by atoms with Crippen LogP contribution in [0.3, 0.4) is 0 Å². The smallest absolute Gasteiger partial charge is 0.408 e. The van der Waals surface area contributed by atoms with Crippen molar-refractivity contribution in [2.45, 2.75) is 38.8 Å². The van der Waals surface area contributed by atoms with Crippen molar-refractivity contribution in [3.63, 3.8) is 0 Å². The average Bonchev–Trinajstić information content (AvgIpc) is 2.24. The van der Waals surface area contributed by atoms with Crippen LogP contribution in [-0.4, -0.2) is 27.8 Å². The molecule has 1 aromatic heterocycles. The van der Waals surface area contributed by atoms with Gasteiger partial charge in [-0.05, 0) is 20.8 Å². The van der Waals surface area contributed by atoms with Gasteiger partial charge in [0.25, 0.3) is 0 Å². The number of carboxylic acids is 1. The molecule has 0 fully saturated rings. The van der Waals surface area contributed by atoms with Gasteiger partial charge in [-0.3, -0.25) is 9.78 Å². The minimum Gasteiger partial charge on any atom is -0.481 e. The fraction of sp³-hybridized carbons (Fsp3) is 0.462. The third kappa shape index (κ3) is 5.77. The predicted molar refractivity (Wildman–Crippen MR) is 78.6 cm³/mol. The molecular formula is C13H16Cl2N2O4. The molecule has 0 saturated carbocycles. The van der Waals surface area contributed by atoms with Gasteiger partial charge in [0, 0.05) is 18.0 Å². The molecule has 8 heteroatoms. The van der Waals surface area contributed by atoms with Crippen LogP contribution in [0.5, 0.6) is 0 Å². The van der Waals surface area contributed by atoms with Gasteiger partial charge in [0.2, 0.25) is 0 Å². The highest BCUT2D eigenvalue weighted by molar-refractivity contribution is 6.35. The lowest BCUT2D eigenvalue weighted by Gasteiger charge is -2.24. The quantitative estimate of drug-likeness (QED) is 0.880. The summed E-state index contributed by atoms with van der Waals surface area (Å²) in [5.41, 5.74) is -0.412. The Morgan fingerprint density at radius 3 is 2.29 bits per heavy atom. The van der Waals surface area contributed by atoms with Gasteiger partial charge in [-0.15, -0.1) is 0 Å². The second-order valence-corrected chi connectivity index (χ2v) is 6.13. The number of halogens is 2. The molecule has 0 aliphatic heterocycles. The fourth-order valence-electron chi connectivity index (χ4n) is 1.60. The molecule has 0 radical (unpaired) electrons. The molecule has 0 unspecified atom stereocenters. The molecule has 1 atom stereocenters. The number of pyridine rings is 1. The van der Waals surface area contributed by atoms with Gasteiger partial charge in [0.15, 0.2) is 0 Å². The number of hydrogen-bond donors (Lipinski definition) is 2. The first-order valence-corrected chi connectivity index (χ1v) is 6.86. The van der Waals surface area contributed by atoms with E-state index in [0.717, 1.165) is 0 Å². The molecule has 116 valence electrons. The highest BCUT2D eigenvalue weighted by Crippen LogP contribution is 2.31.